The molecule has 2 fully saturated rings. The Balaban J connectivity index is 1.57. The molecule has 3 atom stereocenters. The van der Waals surface area contributed by atoms with Gasteiger partial charge in [-0.05, 0) is 56.9 Å². The van der Waals surface area contributed by atoms with Gasteiger partial charge in [0.1, 0.15) is 0 Å². The van der Waals surface area contributed by atoms with Gasteiger partial charge in [-0.15, -0.1) is 0 Å². The van der Waals surface area contributed by atoms with Gasteiger partial charge in [0.2, 0.25) is 0 Å². The van der Waals surface area contributed by atoms with Crippen LogP contribution in [-0.2, 0) is 4.74 Å². The van der Waals surface area contributed by atoms with Crippen LogP contribution in [0.15, 0.2) is 0 Å². The van der Waals surface area contributed by atoms with Gasteiger partial charge in [0.05, 0.1) is 6.61 Å². The van der Waals surface area contributed by atoms with Gasteiger partial charge in [-0.2, -0.15) is 0 Å². The molecule has 0 aliphatic heterocycles. The van der Waals surface area contributed by atoms with E-state index in [0.717, 1.165) is 38.1 Å². The highest BCUT2D eigenvalue weighted by Crippen LogP contribution is 2.29. The lowest BCUT2D eigenvalue weighted by molar-refractivity contribution is 0.0922. The summed E-state index contributed by atoms with van der Waals surface area (Å²) >= 11 is 0. The Morgan fingerprint density at radius 1 is 1.22 bits per heavy atom. The normalized spacial score (nSPS) is 33.0. The molecule has 0 saturated heterocycles. The number of nitrogens with zero attached hydrogens (tertiary/aromatic N) is 1. The van der Waals surface area contributed by atoms with E-state index in [1.165, 1.54) is 32.1 Å². The van der Waals surface area contributed by atoms with Gasteiger partial charge in [0.25, 0.3) is 0 Å². The molecule has 2 saturated carbocycles. The molecule has 3 nitrogen and oxygen atoms in total. The summed E-state index contributed by atoms with van der Waals surface area (Å²) in [5.41, 5.74) is 6.23. The average molecular weight is 254 g/mol. The third kappa shape index (κ3) is 4.87. The molecule has 2 N–H and O–H groups in total. The topological polar surface area (TPSA) is 38.5 Å². The molecule has 3 heteroatoms. The van der Waals surface area contributed by atoms with Crippen LogP contribution in [0.1, 0.15) is 39.0 Å². The second kappa shape index (κ2) is 6.88. The Morgan fingerprint density at radius 3 is 2.72 bits per heavy atom. The lowest BCUT2D eigenvalue weighted by atomic mass is 9.79. The van der Waals surface area contributed by atoms with Gasteiger partial charge >= 0.3 is 0 Å². The van der Waals surface area contributed by atoms with Crippen molar-refractivity contribution in [3.05, 3.63) is 0 Å². The molecule has 0 spiro atoms. The van der Waals surface area contributed by atoms with Crippen LogP contribution in [0.2, 0.25) is 0 Å². The van der Waals surface area contributed by atoms with E-state index in [4.69, 9.17) is 10.5 Å². The van der Waals surface area contributed by atoms with Crippen LogP contribution in [-0.4, -0.2) is 44.3 Å². The standard InChI is InChI=1S/C15H30N2O/c1-12-3-6-15(16)14(9-12)10-17(2)7-8-18-11-13-4-5-13/h12-15H,3-11,16H2,1-2H3. The van der Waals surface area contributed by atoms with Crippen LogP contribution < -0.4 is 5.73 Å². The fourth-order valence-corrected chi connectivity index (χ4v) is 2.98. The molecule has 0 bridgehead atoms. The molecule has 0 aromatic carbocycles. The molecule has 0 heterocycles. The number of hydrogen-bond acceptors (Lipinski definition) is 3. The fourth-order valence-electron chi connectivity index (χ4n) is 2.98. The quantitative estimate of drug-likeness (QED) is 0.707. The van der Waals surface area contributed by atoms with Gasteiger partial charge in [0, 0.05) is 25.7 Å². The Bertz CT molecular complexity index is 243. The molecule has 0 aromatic heterocycles. The van der Waals surface area contributed by atoms with Crippen molar-refractivity contribution in [3.63, 3.8) is 0 Å². The Labute approximate surface area is 112 Å². The van der Waals surface area contributed by atoms with Crippen LogP contribution in [0.5, 0.6) is 0 Å². The van der Waals surface area contributed by atoms with Gasteiger partial charge in [-0.3, -0.25) is 0 Å². The van der Waals surface area contributed by atoms with Gasteiger partial charge in [-0.25, -0.2) is 0 Å². The molecule has 0 amide bonds. The van der Waals surface area contributed by atoms with E-state index >= 15 is 0 Å². The number of rotatable bonds is 7. The Hall–Kier alpha value is -0.120. The van der Waals surface area contributed by atoms with Gasteiger partial charge in [0.15, 0.2) is 0 Å². The monoisotopic (exact) mass is 254 g/mol. The van der Waals surface area contributed by atoms with E-state index in [1.807, 2.05) is 0 Å². The number of likely N-dealkylation sites (N-methyl/N-ethyl adjacent to an activating group) is 1. The van der Waals surface area contributed by atoms with Gasteiger partial charge in [-0.1, -0.05) is 6.92 Å². The summed E-state index contributed by atoms with van der Waals surface area (Å²) in [7, 11) is 2.20. The predicted molar refractivity (Wildman–Crippen MR) is 75.5 cm³/mol. The summed E-state index contributed by atoms with van der Waals surface area (Å²) in [4.78, 5) is 2.40. The summed E-state index contributed by atoms with van der Waals surface area (Å²) in [6, 6.07) is 0.413. The van der Waals surface area contributed by atoms with Crippen molar-refractivity contribution in [2.24, 2.45) is 23.5 Å². The largest absolute Gasteiger partial charge is 0.380 e. The maximum Gasteiger partial charge on any atom is 0.0593 e. The summed E-state index contributed by atoms with van der Waals surface area (Å²) in [6.45, 7) is 6.40. The highest BCUT2D eigenvalue weighted by atomic mass is 16.5. The van der Waals surface area contributed by atoms with Crippen LogP contribution >= 0.6 is 0 Å². The van der Waals surface area contributed by atoms with Crippen molar-refractivity contribution in [2.75, 3.05) is 33.4 Å². The van der Waals surface area contributed by atoms with Gasteiger partial charge < -0.3 is 15.4 Å². The molecule has 3 unspecified atom stereocenters. The molecule has 18 heavy (non-hydrogen) atoms. The first kappa shape index (κ1) is 14.3. The summed E-state index contributed by atoms with van der Waals surface area (Å²) in [6.07, 6.45) is 6.58. The Kier molecular flexibility index (Phi) is 5.46. The molecule has 2 rings (SSSR count). The minimum Gasteiger partial charge on any atom is -0.380 e. The van der Waals surface area contributed by atoms with Crippen LogP contribution in [0.3, 0.4) is 0 Å². The third-order valence-corrected chi connectivity index (χ3v) is 4.52. The molecule has 0 radical (unpaired) electrons. The molecular formula is C15H30N2O. The zero-order valence-electron chi connectivity index (χ0n) is 12.1. The second-order valence-electron chi connectivity index (χ2n) is 6.62. The van der Waals surface area contributed by atoms with Crippen molar-refractivity contribution in [2.45, 2.75) is 45.1 Å². The highest BCUT2D eigenvalue weighted by molar-refractivity contribution is 4.82. The first-order chi connectivity index (χ1) is 8.65. The summed E-state index contributed by atoms with van der Waals surface area (Å²) in [5, 5.41) is 0. The van der Waals surface area contributed by atoms with Crippen molar-refractivity contribution in [1.29, 1.82) is 0 Å². The molecular weight excluding hydrogens is 224 g/mol. The summed E-state index contributed by atoms with van der Waals surface area (Å²) < 4.78 is 5.69. The third-order valence-electron chi connectivity index (χ3n) is 4.52. The van der Waals surface area contributed by atoms with Crippen molar-refractivity contribution in [1.82, 2.24) is 4.90 Å². The van der Waals surface area contributed by atoms with Crippen LogP contribution in [0, 0.1) is 17.8 Å². The van der Waals surface area contributed by atoms with E-state index < -0.39 is 0 Å². The number of nitrogens with two attached hydrogens (primary N) is 1. The second-order valence-corrected chi connectivity index (χ2v) is 6.62. The van der Waals surface area contributed by atoms with Crippen molar-refractivity contribution >= 4 is 0 Å². The van der Waals surface area contributed by atoms with E-state index in [0.29, 0.717) is 12.0 Å². The molecule has 2 aliphatic carbocycles. The molecule has 2 aliphatic rings. The number of hydrogen-bond donors (Lipinski definition) is 1. The Morgan fingerprint density at radius 2 is 2.00 bits per heavy atom. The molecule has 106 valence electrons. The first-order valence-corrected chi connectivity index (χ1v) is 7.67. The van der Waals surface area contributed by atoms with E-state index in [-0.39, 0.29) is 0 Å². The average Bonchev–Trinajstić information content (AvgIpc) is 3.13. The van der Waals surface area contributed by atoms with E-state index in [9.17, 15) is 0 Å². The first-order valence-electron chi connectivity index (χ1n) is 7.67. The minimum atomic E-state index is 0.413. The minimum absolute atomic E-state index is 0.413. The maximum absolute atomic E-state index is 6.23. The zero-order chi connectivity index (χ0) is 13.0. The van der Waals surface area contributed by atoms with Crippen LogP contribution in [0.25, 0.3) is 0 Å². The SMILES string of the molecule is CC1CCC(N)C(CN(C)CCOCC2CC2)C1. The lowest BCUT2D eigenvalue weighted by Gasteiger charge is -2.35. The zero-order valence-corrected chi connectivity index (χ0v) is 12.1. The molecule has 0 aromatic rings. The van der Waals surface area contributed by atoms with Crippen LogP contribution in [0.4, 0.5) is 0 Å². The smallest absolute Gasteiger partial charge is 0.0593 e. The number of ether oxygens (including phenoxy) is 1. The predicted octanol–water partition coefficient (Wildman–Crippen LogP) is 2.11. The highest BCUT2D eigenvalue weighted by Gasteiger charge is 2.26. The van der Waals surface area contributed by atoms with Crippen molar-refractivity contribution < 1.29 is 4.74 Å². The fraction of sp³-hybridized carbons (Fsp3) is 1.00. The van der Waals surface area contributed by atoms with E-state index in [2.05, 4.69) is 18.9 Å². The maximum atomic E-state index is 6.23. The lowest BCUT2D eigenvalue weighted by Crippen LogP contribution is -2.42. The van der Waals surface area contributed by atoms with Crippen molar-refractivity contribution in [3.8, 4) is 0 Å². The van der Waals surface area contributed by atoms with E-state index in [1.54, 1.807) is 0 Å². The summed E-state index contributed by atoms with van der Waals surface area (Å²) in [5.74, 6) is 2.42.